The number of nitrogens with one attached hydrogen (secondary N) is 1. The van der Waals surface area contributed by atoms with Gasteiger partial charge in [0, 0.05) is 66.6 Å². The van der Waals surface area contributed by atoms with Crippen LogP contribution in [-0.2, 0) is 44.8 Å². The van der Waals surface area contributed by atoms with E-state index in [1.54, 1.807) is 70.9 Å². The lowest BCUT2D eigenvalue weighted by Crippen LogP contribution is -2.38. The molecule has 0 aromatic heterocycles. The minimum absolute atomic E-state index is 0. The van der Waals surface area contributed by atoms with Crippen LogP contribution in [0.5, 0.6) is 23.0 Å². The molecule has 4 aliphatic rings. The lowest BCUT2D eigenvalue weighted by atomic mass is 9.92. The largest absolute Gasteiger partial charge is 0.493 e. The molecule has 0 saturated carbocycles. The average Bonchev–Trinajstić information content (AvgIpc) is 3.96. The fourth-order valence-electron chi connectivity index (χ4n) is 9.84. The maximum absolute atomic E-state index is 13.1. The van der Waals surface area contributed by atoms with Gasteiger partial charge in [-0.05, 0) is 130 Å². The Labute approximate surface area is 427 Å². The van der Waals surface area contributed by atoms with Crippen LogP contribution in [0.3, 0.4) is 0 Å². The lowest BCUT2D eigenvalue weighted by molar-refractivity contribution is 0.179. The summed E-state index contributed by atoms with van der Waals surface area (Å²) in [5.74, 6) is 3.54. The highest BCUT2D eigenvalue weighted by Crippen LogP contribution is 2.50. The van der Waals surface area contributed by atoms with E-state index in [1.165, 1.54) is 75.7 Å². The Hall–Kier alpha value is -2.73. The SMILES string of the molecule is CCN(CCCN1CCc2cc(OC)c(OC)c3c2C1CC3)S(=O)(=O)c1ccccc1Cl.CCNCCCN1CCc2cc(OC)c(OC)c3c2C1CC3.Cl.Cl.Cl.O=S(=O)(Cl)c1ccccc1. The Morgan fingerprint density at radius 1 is 0.687 bits per heavy atom. The summed E-state index contributed by atoms with van der Waals surface area (Å²) in [5, 5.41) is 3.69. The third-order valence-electron chi connectivity index (χ3n) is 12.8. The number of hydrogen-bond acceptors (Lipinski definition) is 11. The maximum atomic E-state index is 13.1. The first-order valence-corrected chi connectivity index (χ1v) is 26.4. The first kappa shape index (κ1) is 58.6. The quantitative estimate of drug-likeness (QED) is 0.0803. The van der Waals surface area contributed by atoms with E-state index in [9.17, 15) is 16.8 Å². The normalized spacial score (nSPS) is 16.9. The van der Waals surface area contributed by atoms with E-state index < -0.39 is 19.1 Å². The second-order valence-corrected chi connectivity index (χ2v) is 21.1. The summed E-state index contributed by atoms with van der Waals surface area (Å²) >= 11 is 6.17. The highest BCUT2D eigenvalue weighted by molar-refractivity contribution is 8.13. The van der Waals surface area contributed by atoms with Crippen molar-refractivity contribution < 1.29 is 35.8 Å². The van der Waals surface area contributed by atoms with E-state index >= 15 is 0 Å². The van der Waals surface area contributed by atoms with Gasteiger partial charge in [0.25, 0.3) is 9.05 Å². The smallest absolute Gasteiger partial charge is 0.261 e. The molecule has 2 aliphatic heterocycles. The number of halogens is 5. The first-order chi connectivity index (χ1) is 30.8. The molecular weight excluding hydrogens is 1000 g/mol. The zero-order valence-corrected chi connectivity index (χ0v) is 44.8. The first-order valence-electron chi connectivity index (χ1n) is 22.3. The van der Waals surface area contributed by atoms with Crippen LogP contribution in [0.4, 0.5) is 0 Å². The summed E-state index contributed by atoms with van der Waals surface area (Å²) in [6.07, 6.45) is 8.44. The van der Waals surface area contributed by atoms with Gasteiger partial charge in [0.2, 0.25) is 10.0 Å². The van der Waals surface area contributed by atoms with Gasteiger partial charge in [0.1, 0.15) is 4.90 Å². The number of nitrogens with zero attached hydrogens (tertiary/aromatic N) is 3. The van der Waals surface area contributed by atoms with Gasteiger partial charge in [-0.3, -0.25) is 9.80 Å². The summed E-state index contributed by atoms with van der Waals surface area (Å²) in [6.45, 7) is 11.3. The van der Waals surface area contributed by atoms with Gasteiger partial charge in [-0.25, -0.2) is 16.8 Å². The van der Waals surface area contributed by atoms with E-state index in [-0.39, 0.29) is 52.0 Å². The molecule has 1 N–H and O–H groups in total. The molecule has 4 aromatic carbocycles. The van der Waals surface area contributed by atoms with Gasteiger partial charge >= 0.3 is 0 Å². The van der Waals surface area contributed by atoms with Gasteiger partial charge in [0.05, 0.1) is 38.4 Å². The minimum atomic E-state index is -3.61. The summed E-state index contributed by atoms with van der Waals surface area (Å²) in [5.41, 5.74) is 8.41. The molecule has 2 heterocycles. The van der Waals surface area contributed by atoms with Crippen molar-refractivity contribution in [1.82, 2.24) is 19.4 Å². The Bertz CT molecular complexity index is 2440. The van der Waals surface area contributed by atoms with Crippen LogP contribution in [0.2, 0.25) is 5.02 Å². The van der Waals surface area contributed by atoms with Crippen LogP contribution < -0.4 is 24.3 Å². The van der Waals surface area contributed by atoms with Crippen LogP contribution >= 0.6 is 59.5 Å². The molecule has 374 valence electrons. The van der Waals surface area contributed by atoms with Gasteiger partial charge < -0.3 is 24.3 Å². The van der Waals surface area contributed by atoms with E-state index in [0.717, 1.165) is 87.7 Å². The third-order valence-corrected chi connectivity index (χ3v) is 16.6. The van der Waals surface area contributed by atoms with Crippen molar-refractivity contribution in [1.29, 1.82) is 0 Å². The summed E-state index contributed by atoms with van der Waals surface area (Å²) < 4.78 is 71.3. The van der Waals surface area contributed by atoms with E-state index in [2.05, 4.69) is 34.2 Å². The number of benzene rings is 4. The number of rotatable bonds is 17. The fraction of sp³-hybridized carbons (Fsp3) is 0.500. The van der Waals surface area contributed by atoms with Crippen molar-refractivity contribution >= 4 is 78.6 Å². The molecule has 0 fully saturated rings. The van der Waals surface area contributed by atoms with Crippen LogP contribution in [0.25, 0.3) is 0 Å². The Morgan fingerprint density at radius 3 is 1.61 bits per heavy atom. The number of sulfonamides is 1. The van der Waals surface area contributed by atoms with Crippen molar-refractivity contribution in [3.8, 4) is 23.0 Å². The van der Waals surface area contributed by atoms with Crippen molar-refractivity contribution in [2.24, 2.45) is 0 Å². The van der Waals surface area contributed by atoms with Gasteiger partial charge in [-0.15, -0.1) is 37.2 Å². The van der Waals surface area contributed by atoms with Gasteiger partial charge in [-0.1, -0.05) is 55.8 Å². The molecular formula is C48H67Cl5N4O8S2. The van der Waals surface area contributed by atoms with Crippen LogP contribution in [0.15, 0.2) is 76.5 Å². The summed E-state index contributed by atoms with van der Waals surface area (Å²) in [7, 11) is 4.78. The topological polar surface area (TPSA) is 127 Å². The monoisotopic (exact) mass is 1070 g/mol. The predicted molar refractivity (Wildman–Crippen MR) is 277 cm³/mol. The zero-order valence-electron chi connectivity index (χ0n) is 39.2. The number of methoxy groups -OCH3 is 4. The zero-order chi connectivity index (χ0) is 46.0. The number of ether oxygens (including phenoxy) is 4. The molecule has 2 atom stereocenters. The molecule has 0 bridgehead atoms. The van der Waals surface area contributed by atoms with E-state index in [1.807, 2.05) is 6.92 Å². The van der Waals surface area contributed by atoms with Crippen LogP contribution in [0.1, 0.15) is 85.0 Å². The standard InChI is InChI=1S/C24H31ClN2O4S.C18H28N2O2.C6H5ClO2S.3ClH/c1-4-27(32(28,29)22-9-6-5-8-19(22)25)14-7-13-26-15-12-17-16-21(30-2)24(31-3)18-10-11-20(26)23(17)18;1-4-19-9-5-10-20-11-8-13-12-16(21-2)18(22-3)14-6-7-15(20)17(13)14;7-10(8,9)6-4-2-1-3-5-6;;;/h5-6,8-9,16,20H,4,7,10-15H2,1-3H3;12,15,19H,4-11H2,1-3H3;1-5H;3*1H. The van der Waals surface area contributed by atoms with E-state index in [4.69, 9.17) is 41.2 Å². The van der Waals surface area contributed by atoms with Gasteiger partial charge in [-0.2, -0.15) is 4.31 Å². The Morgan fingerprint density at radius 2 is 1.18 bits per heavy atom. The lowest BCUT2D eigenvalue weighted by Gasteiger charge is -2.36. The highest BCUT2D eigenvalue weighted by Gasteiger charge is 2.38. The van der Waals surface area contributed by atoms with Crippen molar-refractivity contribution in [2.75, 3.05) is 80.8 Å². The second-order valence-electron chi connectivity index (χ2n) is 16.2. The second kappa shape index (κ2) is 27.0. The predicted octanol–water partition coefficient (Wildman–Crippen LogP) is 9.73. The molecule has 8 rings (SSSR count). The third kappa shape index (κ3) is 13.6. The highest BCUT2D eigenvalue weighted by atomic mass is 35.7. The van der Waals surface area contributed by atoms with E-state index in [0.29, 0.717) is 25.2 Å². The van der Waals surface area contributed by atoms with Gasteiger partial charge in [0.15, 0.2) is 23.0 Å². The van der Waals surface area contributed by atoms with Crippen LogP contribution in [-0.4, -0.2) is 112 Å². The number of hydrogen-bond donors (Lipinski definition) is 1. The van der Waals surface area contributed by atoms with Crippen molar-refractivity contribution in [3.05, 3.63) is 105 Å². The van der Waals surface area contributed by atoms with Crippen LogP contribution in [0, 0.1) is 0 Å². The molecule has 0 saturated heterocycles. The molecule has 0 radical (unpaired) electrons. The minimum Gasteiger partial charge on any atom is -0.493 e. The molecule has 0 amide bonds. The maximum Gasteiger partial charge on any atom is 0.261 e. The van der Waals surface area contributed by atoms with Crippen molar-refractivity contribution in [3.63, 3.8) is 0 Å². The Kier molecular flexibility index (Phi) is 23.6. The molecule has 2 unspecified atom stereocenters. The molecule has 0 spiro atoms. The molecule has 67 heavy (non-hydrogen) atoms. The average molecular weight is 1070 g/mol. The fourth-order valence-corrected chi connectivity index (χ4v) is 12.6. The molecule has 12 nitrogen and oxygen atoms in total. The van der Waals surface area contributed by atoms with Crippen molar-refractivity contribution in [2.45, 2.75) is 87.1 Å². The summed E-state index contributed by atoms with van der Waals surface area (Å²) in [4.78, 5) is 5.48. The summed E-state index contributed by atoms with van der Waals surface area (Å²) in [6, 6.07) is 19.8. The molecule has 2 aliphatic carbocycles. The molecule has 19 heteroatoms. The molecule has 4 aromatic rings. The Balaban J connectivity index is 0.000000295.